The Balaban J connectivity index is 1.78. The second-order valence-corrected chi connectivity index (χ2v) is 5.04. The first kappa shape index (κ1) is 10.9. The molecule has 86 valence electrons. The Hall–Kier alpha value is -0.570. The van der Waals surface area contributed by atoms with Gasteiger partial charge < -0.3 is 10.0 Å². The first-order valence-electron chi connectivity index (χ1n) is 6.20. The van der Waals surface area contributed by atoms with Gasteiger partial charge in [-0.1, -0.05) is 19.3 Å². The van der Waals surface area contributed by atoms with E-state index in [0.29, 0.717) is 6.42 Å². The van der Waals surface area contributed by atoms with Crippen LogP contribution in [-0.4, -0.2) is 35.6 Å². The van der Waals surface area contributed by atoms with Crippen LogP contribution in [0.4, 0.5) is 0 Å². The van der Waals surface area contributed by atoms with Crippen molar-refractivity contribution in [3.8, 4) is 0 Å². The van der Waals surface area contributed by atoms with Gasteiger partial charge in [0.05, 0.1) is 6.42 Å². The van der Waals surface area contributed by atoms with Gasteiger partial charge in [0.2, 0.25) is 0 Å². The molecule has 2 fully saturated rings. The molecule has 0 aromatic rings. The number of nitrogens with zero attached hydrogens (tertiary/aromatic N) is 1. The topological polar surface area (TPSA) is 40.5 Å². The summed E-state index contributed by atoms with van der Waals surface area (Å²) in [6.07, 6.45) is 7.18. The summed E-state index contributed by atoms with van der Waals surface area (Å²) in [5.41, 5.74) is 0. The molecule has 1 saturated heterocycles. The molecule has 0 aromatic heterocycles. The molecule has 0 amide bonds. The standard InChI is InChI=1S/C12H21NO2/c14-12(15)6-8-13-7-5-10-3-1-2-4-11(10)9-13/h10-11H,1-9H2,(H,14,15)/t10-,11-/m1/s1. The van der Waals surface area contributed by atoms with Gasteiger partial charge in [-0.15, -0.1) is 0 Å². The third kappa shape index (κ3) is 2.94. The van der Waals surface area contributed by atoms with Crippen molar-refractivity contribution in [3.63, 3.8) is 0 Å². The van der Waals surface area contributed by atoms with Crippen LogP contribution in [0.15, 0.2) is 0 Å². The lowest BCUT2D eigenvalue weighted by Crippen LogP contribution is -2.42. The molecule has 2 aliphatic rings. The summed E-state index contributed by atoms with van der Waals surface area (Å²) < 4.78 is 0. The molecule has 15 heavy (non-hydrogen) atoms. The minimum Gasteiger partial charge on any atom is -0.481 e. The molecule has 0 radical (unpaired) electrons. The van der Waals surface area contributed by atoms with Crippen molar-refractivity contribution >= 4 is 5.97 Å². The van der Waals surface area contributed by atoms with Crippen LogP contribution in [-0.2, 0) is 4.79 Å². The lowest BCUT2D eigenvalue weighted by molar-refractivity contribution is -0.137. The summed E-state index contributed by atoms with van der Waals surface area (Å²) in [4.78, 5) is 12.8. The van der Waals surface area contributed by atoms with E-state index in [1.807, 2.05) is 0 Å². The second kappa shape index (κ2) is 4.97. The number of rotatable bonds is 3. The number of hydrogen-bond donors (Lipinski definition) is 1. The van der Waals surface area contributed by atoms with Crippen LogP contribution < -0.4 is 0 Å². The maximum absolute atomic E-state index is 10.5. The molecular weight excluding hydrogens is 190 g/mol. The predicted octanol–water partition coefficient (Wildman–Crippen LogP) is 1.97. The highest BCUT2D eigenvalue weighted by atomic mass is 16.4. The quantitative estimate of drug-likeness (QED) is 0.776. The summed E-state index contributed by atoms with van der Waals surface area (Å²) in [6.45, 7) is 3.02. The molecule has 0 unspecified atom stereocenters. The average Bonchev–Trinajstić information content (AvgIpc) is 2.26. The van der Waals surface area contributed by atoms with Crippen molar-refractivity contribution in [1.82, 2.24) is 4.90 Å². The Morgan fingerprint density at radius 2 is 1.93 bits per heavy atom. The molecule has 3 nitrogen and oxygen atoms in total. The minimum atomic E-state index is -0.666. The van der Waals surface area contributed by atoms with Gasteiger partial charge >= 0.3 is 5.97 Å². The van der Waals surface area contributed by atoms with Crippen LogP contribution in [0.2, 0.25) is 0 Å². The Bertz CT molecular complexity index is 230. The van der Waals surface area contributed by atoms with Gasteiger partial charge in [0.1, 0.15) is 0 Å². The number of piperidine rings is 1. The van der Waals surface area contributed by atoms with E-state index < -0.39 is 5.97 Å². The maximum Gasteiger partial charge on any atom is 0.304 e. The van der Waals surface area contributed by atoms with E-state index >= 15 is 0 Å². The number of carboxylic acids is 1. The van der Waals surface area contributed by atoms with Crippen molar-refractivity contribution in [3.05, 3.63) is 0 Å². The number of aliphatic carboxylic acids is 1. The highest BCUT2D eigenvalue weighted by Crippen LogP contribution is 2.35. The van der Waals surface area contributed by atoms with E-state index in [2.05, 4.69) is 4.90 Å². The number of hydrogen-bond acceptors (Lipinski definition) is 2. The molecule has 1 heterocycles. The molecule has 1 N–H and O–H groups in total. The average molecular weight is 211 g/mol. The van der Waals surface area contributed by atoms with Gasteiger partial charge in [0.15, 0.2) is 0 Å². The molecule has 1 saturated carbocycles. The molecule has 0 spiro atoms. The zero-order valence-corrected chi connectivity index (χ0v) is 9.32. The van der Waals surface area contributed by atoms with E-state index in [-0.39, 0.29) is 0 Å². The van der Waals surface area contributed by atoms with Crippen LogP contribution in [0.25, 0.3) is 0 Å². The van der Waals surface area contributed by atoms with Crippen molar-refractivity contribution in [2.24, 2.45) is 11.8 Å². The van der Waals surface area contributed by atoms with Crippen LogP contribution in [0.5, 0.6) is 0 Å². The Morgan fingerprint density at radius 3 is 2.67 bits per heavy atom. The van der Waals surface area contributed by atoms with E-state index in [9.17, 15) is 4.79 Å². The summed E-state index contributed by atoms with van der Waals surface area (Å²) in [5.74, 6) is 1.14. The molecule has 1 aliphatic carbocycles. The van der Waals surface area contributed by atoms with Gasteiger partial charge in [-0.2, -0.15) is 0 Å². The fourth-order valence-corrected chi connectivity index (χ4v) is 3.13. The van der Waals surface area contributed by atoms with Gasteiger partial charge in [-0.3, -0.25) is 4.79 Å². The Kier molecular flexibility index (Phi) is 3.62. The van der Waals surface area contributed by atoms with E-state index in [0.717, 1.165) is 31.5 Å². The molecule has 0 bridgehead atoms. The van der Waals surface area contributed by atoms with Crippen molar-refractivity contribution in [2.45, 2.75) is 38.5 Å². The van der Waals surface area contributed by atoms with Gasteiger partial charge in [0.25, 0.3) is 0 Å². The lowest BCUT2D eigenvalue weighted by Gasteiger charge is -2.41. The maximum atomic E-state index is 10.5. The van der Waals surface area contributed by atoms with Crippen LogP contribution in [0.1, 0.15) is 38.5 Å². The summed E-state index contributed by atoms with van der Waals surface area (Å²) in [7, 11) is 0. The summed E-state index contributed by atoms with van der Waals surface area (Å²) in [5, 5.41) is 8.65. The fraction of sp³-hybridized carbons (Fsp3) is 0.917. The fourth-order valence-electron chi connectivity index (χ4n) is 3.13. The SMILES string of the molecule is O=C(O)CCN1CC[C@H]2CCCC[C@@H]2C1. The van der Waals surface area contributed by atoms with E-state index in [1.165, 1.54) is 32.1 Å². The predicted molar refractivity (Wildman–Crippen MR) is 58.8 cm³/mol. The van der Waals surface area contributed by atoms with Crippen molar-refractivity contribution in [1.29, 1.82) is 0 Å². The summed E-state index contributed by atoms with van der Waals surface area (Å²) in [6, 6.07) is 0. The number of fused-ring (bicyclic) bond motifs is 1. The van der Waals surface area contributed by atoms with Crippen molar-refractivity contribution in [2.75, 3.05) is 19.6 Å². The van der Waals surface area contributed by atoms with E-state index in [4.69, 9.17) is 5.11 Å². The smallest absolute Gasteiger partial charge is 0.304 e. The van der Waals surface area contributed by atoms with Gasteiger partial charge in [-0.25, -0.2) is 0 Å². The number of carboxylic acid groups (broad SMARTS) is 1. The van der Waals surface area contributed by atoms with Crippen LogP contribution in [0, 0.1) is 11.8 Å². The largest absolute Gasteiger partial charge is 0.481 e. The van der Waals surface area contributed by atoms with Crippen LogP contribution >= 0.6 is 0 Å². The highest BCUT2D eigenvalue weighted by molar-refractivity contribution is 5.66. The first-order valence-corrected chi connectivity index (χ1v) is 6.20. The van der Waals surface area contributed by atoms with Crippen molar-refractivity contribution < 1.29 is 9.90 Å². The monoisotopic (exact) mass is 211 g/mol. The minimum absolute atomic E-state index is 0.303. The molecule has 1 aliphatic heterocycles. The third-order valence-corrected chi connectivity index (χ3v) is 4.02. The second-order valence-electron chi connectivity index (χ2n) is 5.04. The number of likely N-dealkylation sites (tertiary alicyclic amines) is 1. The zero-order chi connectivity index (χ0) is 10.7. The molecule has 2 atom stereocenters. The molecular formula is C12H21NO2. The highest BCUT2D eigenvalue weighted by Gasteiger charge is 2.30. The van der Waals surface area contributed by atoms with Gasteiger partial charge in [0, 0.05) is 13.1 Å². The zero-order valence-electron chi connectivity index (χ0n) is 9.32. The Morgan fingerprint density at radius 1 is 1.20 bits per heavy atom. The first-order chi connectivity index (χ1) is 7.25. The summed E-state index contributed by atoms with van der Waals surface area (Å²) >= 11 is 0. The molecule has 2 rings (SSSR count). The normalized spacial score (nSPS) is 32.3. The molecule has 3 heteroatoms. The van der Waals surface area contributed by atoms with Gasteiger partial charge in [-0.05, 0) is 31.2 Å². The van der Waals surface area contributed by atoms with Crippen LogP contribution in [0.3, 0.4) is 0 Å². The third-order valence-electron chi connectivity index (χ3n) is 4.02. The Labute approximate surface area is 91.5 Å². The lowest BCUT2D eigenvalue weighted by atomic mass is 9.75. The van der Waals surface area contributed by atoms with E-state index in [1.54, 1.807) is 0 Å². The number of carbonyl (C=O) groups is 1. The molecule has 0 aromatic carbocycles.